The van der Waals surface area contributed by atoms with Gasteiger partial charge in [-0.15, -0.1) is 0 Å². The maximum Gasteiger partial charge on any atom is 0.322 e. The van der Waals surface area contributed by atoms with Crippen molar-refractivity contribution in [2.45, 2.75) is 37.4 Å². The van der Waals surface area contributed by atoms with E-state index in [4.69, 9.17) is 59.3 Å². The van der Waals surface area contributed by atoms with Crippen molar-refractivity contribution in [1.82, 2.24) is 0 Å². The highest BCUT2D eigenvalue weighted by Gasteiger charge is 2.13. The maximum atomic E-state index is 10.2. The lowest BCUT2D eigenvalue weighted by atomic mass is 10.2. The third-order valence-electron chi connectivity index (χ3n) is 2.89. The van der Waals surface area contributed by atoms with E-state index in [0.29, 0.717) is 19.4 Å². The number of amides is 1. The molecule has 0 saturated heterocycles. The van der Waals surface area contributed by atoms with Crippen molar-refractivity contribution in [2.24, 2.45) is 50.9 Å². The summed E-state index contributed by atoms with van der Waals surface area (Å²) in [5, 5.41) is 47.6. The first-order valence-corrected chi connectivity index (χ1v) is 10.0. The Balaban J connectivity index is -0.000000125. The molecule has 22 N–H and O–H groups in total. The van der Waals surface area contributed by atoms with Gasteiger partial charge in [-0.3, -0.25) is 33.8 Å². The number of rotatable bonds is 12. The zero-order valence-corrected chi connectivity index (χ0v) is 20.4. The highest BCUT2D eigenvalue weighted by atomic mass is 16.4. The van der Waals surface area contributed by atoms with Gasteiger partial charge in [0.05, 0.1) is 26.1 Å². The number of aliphatic hydroxyl groups excluding tert-OH is 1. The number of nitrogens with two attached hydrogens (primary N) is 8. The van der Waals surface area contributed by atoms with Gasteiger partial charge in [0.1, 0.15) is 18.1 Å². The molecule has 38 heavy (non-hydrogen) atoms. The lowest BCUT2D eigenvalue weighted by Gasteiger charge is -2.03. The first-order chi connectivity index (χ1) is 17.3. The number of hydrogen-bond donors (Lipinski definition) is 14. The van der Waals surface area contributed by atoms with Crippen molar-refractivity contribution in [1.29, 1.82) is 0 Å². The smallest absolute Gasteiger partial charge is 0.322 e. The number of carbonyl (C=O) groups is 6. The monoisotopic (exact) mass is 561 g/mol. The Morgan fingerprint density at radius 1 is 0.658 bits per heavy atom. The van der Waals surface area contributed by atoms with Gasteiger partial charge in [0, 0.05) is 6.54 Å². The molecular weight excluding hydrogens is 522 g/mol. The molecular formula is C17H39N9O12. The van der Waals surface area contributed by atoms with Gasteiger partial charge in [-0.05, 0) is 12.8 Å². The summed E-state index contributed by atoms with van der Waals surface area (Å²) in [6, 6.07) is -3.11. The lowest BCUT2D eigenvalue weighted by Crippen LogP contribution is -2.34. The van der Waals surface area contributed by atoms with Crippen LogP contribution in [-0.2, 0) is 28.8 Å². The molecule has 0 fully saturated rings. The molecule has 3 atom stereocenters. The molecule has 0 saturated carbocycles. The number of primary amides is 1. The van der Waals surface area contributed by atoms with Gasteiger partial charge in [0.2, 0.25) is 5.91 Å². The van der Waals surface area contributed by atoms with Crippen molar-refractivity contribution < 1.29 is 59.4 Å². The largest absolute Gasteiger partial charge is 0.480 e. The van der Waals surface area contributed by atoms with E-state index in [1.54, 1.807) is 0 Å². The summed E-state index contributed by atoms with van der Waals surface area (Å²) >= 11 is 0. The Hall–Kier alpha value is -4.15. The molecule has 0 rings (SSSR count). The SMILES string of the molecule is NC(=O)C[C@H](N)C(=O)O.NC(N)=NCCC[C@H](N)C(=O)O.NCC(=O)O.NCC(=O)O.N[C@@H](CO)C(=O)O. The van der Waals surface area contributed by atoms with Crippen LogP contribution >= 0.6 is 0 Å². The van der Waals surface area contributed by atoms with Crippen molar-refractivity contribution in [3.63, 3.8) is 0 Å². The summed E-state index contributed by atoms with van der Waals surface area (Å²) in [6.45, 7) is -0.640. The van der Waals surface area contributed by atoms with Gasteiger partial charge in [0.15, 0.2) is 5.96 Å². The Morgan fingerprint density at radius 3 is 1.16 bits per heavy atom. The normalized spacial score (nSPS) is 11.2. The van der Waals surface area contributed by atoms with E-state index in [-0.39, 0.29) is 25.5 Å². The molecule has 0 aliphatic heterocycles. The zero-order valence-electron chi connectivity index (χ0n) is 20.4. The number of aliphatic hydroxyl groups is 1. The summed E-state index contributed by atoms with van der Waals surface area (Å²) in [7, 11) is 0. The molecule has 0 radical (unpaired) electrons. The molecule has 0 aromatic carbocycles. The minimum atomic E-state index is -1.21. The van der Waals surface area contributed by atoms with Crippen LogP contribution in [0, 0.1) is 0 Å². The summed E-state index contributed by atoms with van der Waals surface area (Å²) in [4.78, 5) is 61.9. The number of hydrogen-bond acceptors (Lipinski definition) is 13. The number of nitrogens with zero attached hydrogens (tertiary/aromatic N) is 1. The van der Waals surface area contributed by atoms with E-state index in [0.717, 1.165) is 0 Å². The predicted octanol–water partition coefficient (Wildman–Crippen LogP) is -6.82. The number of guanidine groups is 1. The van der Waals surface area contributed by atoms with Crippen molar-refractivity contribution in [3.8, 4) is 0 Å². The van der Waals surface area contributed by atoms with Gasteiger partial charge in [-0.1, -0.05) is 0 Å². The second-order valence-corrected chi connectivity index (χ2v) is 6.33. The highest BCUT2D eigenvalue weighted by Crippen LogP contribution is 1.94. The molecule has 0 heterocycles. The topological polar surface area (TPSA) is 444 Å². The van der Waals surface area contributed by atoms with Crippen LogP contribution in [0.2, 0.25) is 0 Å². The van der Waals surface area contributed by atoms with Crippen LogP contribution in [0.4, 0.5) is 0 Å². The molecule has 224 valence electrons. The first kappa shape index (κ1) is 43.9. The zero-order chi connectivity index (χ0) is 31.4. The molecule has 0 aliphatic carbocycles. The second-order valence-electron chi connectivity index (χ2n) is 6.33. The molecule has 0 unspecified atom stereocenters. The molecule has 0 aliphatic rings. The van der Waals surface area contributed by atoms with Gasteiger partial charge in [-0.25, -0.2) is 0 Å². The van der Waals surface area contributed by atoms with Crippen LogP contribution < -0.4 is 45.9 Å². The Bertz CT molecular complexity index is 719. The lowest BCUT2D eigenvalue weighted by molar-refractivity contribution is -0.140. The fourth-order valence-electron chi connectivity index (χ4n) is 1.02. The van der Waals surface area contributed by atoms with Crippen molar-refractivity contribution in [3.05, 3.63) is 0 Å². The van der Waals surface area contributed by atoms with Crippen LogP contribution in [0.25, 0.3) is 0 Å². The first-order valence-electron chi connectivity index (χ1n) is 10.0. The number of carboxylic acid groups (broad SMARTS) is 5. The van der Waals surface area contributed by atoms with Gasteiger partial charge in [0.25, 0.3) is 0 Å². The molecule has 0 bridgehead atoms. The quantitative estimate of drug-likeness (QED) is 0.0597. The molecule has 1 amide bonds. The molecule has 21 heteroatoms. The fourth-order valence-corrected chi connectivity index (χ4v) is 1.02. The van der Waals surface area contributed by atoms with Crippen molar-refractivity contribution in [2.75, 3.05) is 26.2 Å². The van der Waals surface area contributed by atoms with Crippen LogP contribution in [0.3, 0.4) is 0 Å². The third-order valence-corrected chi connectivity index (χ3v) is 2.89. The van der Waals surface area contributed by atoms with E-state index in [2.05, 4.69) is 22.2 Å². The van der Waals surface area contributed by atoms with E-state index in [9.17, 15) is 28.8 Å². The average molecular weight is 562 g/mol. The van der Waals surface area contributed by atoms with E-state index in [1.165, 1.54) is 0 Å². The fraction of sp³-hybridized carbons (Fsp3) is 0.588. The number of aliphatic imine (C=N–C) groups is 1. The summed E-state index contributed by atoms with van der Waals surface area (Å²) < 4.78 is 0. The van der Waals surface area contributed by atoms with Crippen LogP contribution in [0.1, 0.15) is 19.3 Å². The van der Waals surface area contributed by atoms with Gasteiger partial charge in [-0.2, -0.15) is 0 Å². The molecule has 21 nitrogen and oxygen atoms in total. The molecule has 0 spiro atoms. The Morgan fingerprint density at radius 2 is 1.00 bits per heavy atom. The second kappa shape index (κ2) is 29.1. The Labute approximate surface area is 216 Å². The predicted molar refractivity (Wildman–Crippen MR) is 131 cm³/mol. The Kier molecular flexibility index (Phi) is 33.6. The van der Waals surface area contributed by atoms with E-state index in [1.807, 2.05) is 0 Å². The summed E-state index contributed by atoms with van der Waals surface area (Å²) in [5.74, 6) is -6.02. The number of aliphatic carboxylic acids is 5. The minimum Gasteiger partial charge on any atom is -0.480 e. The van der Waals surface area contributed by atoms with Crippen LogP contribution in [-0.4, -0.2) is 117 Å². The average Bonchev–Trinajstić information content (AvgIpc) is 2.81. The van der Waals surface area contributed by atoms with Gasteiger partial charge >= 0.3 is 29.8 Å². The van der Waals surface area contributed by atoms with E-state index < -0.39 is 60.5 Å². The molecule has 0 aromatic heterocycles. The number of carbonyl (C=O) groups excluding carboxylic acids is 1. The maximum absolute atomic E-state index is 10.2. The van der Waals surface area contributed by atoms with Crippen molar-refractivity contribution >= 4 is 41.7 Å². The van der Waals surface area contributed by atoms with Crippen LogP contribution in [0.5, 0.6) is 0 Å². The summed E-state index contributed by atoms with van der Waals surface area (Å²) in [6.07, 6.45) is 0.646. The minimum absolute atomic E-state index is 0.0129. The third kappa shape index (κ3) is 49.1. The van der Waals surface area contributed by atoms with Crippen LogP contribution in [0.15, 0.2) is 4.99 Å². The van der Waals surface area contributed by atoms with E-state index >= 15 is 0 Å². The summed E-state index contributed by atoms with van der Waals surface area (Å²) in [5.41, 5.74) is 38.8. The number of carboxylic acids is 5. The standard InChI is InChI=1S/C6H14N4O2.C4H8N2O3.C3H7NO3.2C2H5NO2/c7-4(5(11)12)2-1-3-10-6(8)9;5-2(4(8)9)1-3(6)7;4-2(1-5)3(6)7;2*3-1-2(4)5/h4H,1-3,7H2,(H,11,12)(H4,8,9,10);2H,1,5H2,(H2,6,7)(H,8,9);2,5H,1,4H2,(H,6,7);2*1,3H2,(H,4,5)/t4-;2*2-;;/m000../s1. The molecule has 0 aromatic rings. The highest BCUT2D eigenvalue weighted by molar-refractivity contribution is 5.83. The van der Waals surface area contributed by atoms with Gasteiger partial charge < -0.3 is 76.5 Å².